The van der Waals surface area contributed by atoms with Crippen LogP contribution in [-0.4, -0.2) is 38.6 Å². The Morgan fingerprint density at radius 1 is 1.04 bits per heavy atom. The molecule has 2 aromatic rings. The summed E-state index contributed by atoms with van der Waals surface area (Å²) in [7, 11) is 2.82. The predicted molar refractivity (Wildman–Crippen MR) is 96.9 cm³/mol. The molecule has 1 atom stereocenters. The zero-order valence-electron chi connectivity index (χ0n) is 15.0. The molecular weight excluding hydrogens is 350 g/mol. The van der Waals surface area contributed by atoms with E-state index in [0.29, 0.717) is 22.7 Å². The highest BCUT2D eigenvalue weighted by molar-refractivity contribution is 6.00. The summed E-state index contributed by atoms with van der Waals surface area (Å²) in [6.07, 6.45) is 0.0666. The number of methoxy groups -OCH3 is 2. The first-order valence-electron chi connectivity index (χ1n) is 8.37. The third-order valence-corrected chi connectivity index (χ3v) is 4.33. The minimum Gasteiger partial charge on any atom is -0.495 e. The number of hydrogen-bond acceptors (Lipinski definition) is 6. The van der Waals surface area contributed by atoms with Gasteiger partial charge < -0.3 is 19.1 Å². The minimum absolute atomic E-state index is 0.0666. The van der Waals surface area contributed by atoms with E-state index in [1.54, 1.807) is 18.2 Å². The number of rotatable bonds is 5. The average Bonchev–Trinajstić information content (AvgIpc) is 3.09. The summed E-state index contributed by atoms with van der Waals surface area (Å²) in [6.45, 7) is 0.221. The predicted octanol–water partition coefficient (Wildman–Crippen LogP) is 2.44. The van der Waals surface area contributed by atoms with Crippen molar-refractivity contribution in [1.82, 2.24) is 0 Å². The summed E-state index contributed by atoms with van der Waals surface area (Å²) in [6, 6.07) is 13.2. The first-order chi connectivity index (χ1) is 13.0. The van der Waals surface area contributed by atoms with Crippen molar-refractivity contribution in [3.8, 4) is 11.5 Å². The van der Waals surface area contributed by atoms with E-state index < -0.39 is 17.9 Å². The van der Waals surface area contributed by atoms with Crippen LogP contribution in [0.3, 0.4) is 0 Å². The van der Waals surface area contributed by atoms with Gasteiger partial charge in [0.1, 0.15) is 11.5 Å². The van der Waals surface area contributed by atoms with Crippen molar-refractivity contribution >= 4 is 23.5 Å². The van der Waals surface area contributed by atoms with E-state index >= 15 is 0 Å². The van der Waals surface area contributed by atoms with E-state index in [-0.39, 0.29) is 18.9 Å². The molecular formula is C20H19NO6. The standard InChI is InChI=1S/C20H19NO6/c1-25-17-6-4-3-5-16(17)21-12-14(11-18(21)22)20(24)27-15-9-7-13(8-10-15)19(23)26-2/h3-10,14H,11-12H2,1-2H3/t14-/m1/s1. The fraction of sp³-hybridized carbons (Fsp3) is 0.250. The van der Waals surface area contributed by atoms with E-state index in [1.807, 2.05) is 6.07 Å². The Labute approximate surface area is 156 Å². The lowest BCUT2D eigenvalue weighted by molar-refractivity contribution is -0.139. The van der Waals surface area contributed by atoms with Crippen LogP contribution in [0.15, 0.2) is 48.5 Å². The van der Waals surface area contributed by atoms with Crippen molar-refractivity contribution < 1.29 is 28.6 Å². The van der Waals surface area contributed by atoms with Gasteiger partial charge in [0.2, 0.25) is 5.91 Å². The second-order valence-electron chi connectivity index (χ2n) is 6.01. The molecule has 0 radical (unpaired) electrons. The molecule has 0 N–H and O–H groups in total. The molecule has 0 bridgehead atoms. The van der Waals surface area contributed by atoms with Gasteiger partial charge in [0, 0.05) is 13.0 Å². The van der Waals surface area contributed by atoms with E-state index in [4.69, 9.17) is 9.47 Å². The molecule has 27 heavy (non-hydrogen) atoms. The number of nitrogens with zero attached hydrogens (tertiary/aromatic N) is 1. The number of para-hydroxylation sites is 2. The highest BCUT2D eigenvalue weighted by Gasteiger charge is 2.37. The highest BCUT2D eigenvalue weighted by Crippen LogP contribution is 2.33. The van der Waals surface area contributed by atoms with Gasteiger partial charge in [-0.1, -0.05) is 12.1 Å². The molecule has 2 aromatic carbocycles. The molecule has 0 saturated carbocycles. The number of amides is 1. The molecule has 3 rings (SSSR count). The minimum atomic E-state index is -0.581. The normalized spacial score (nSPS) is 16.1. The maximum atomic E-state index is 12.4. The molecule has 0 aliphatic carbocycles. The van der Waals surface area contributed by atoms with Crippen LogP contribution in [0.2, 0.25) is 0 Å². The zero-order chi connectivity index (χ0) is 19.4. The van der Waals surface area contributed by atoms with Crippen LogP contribution in [-0.2, 0) is 14.3 Å². The summed E-state index contributed by atoms with van der Waals surface area (Å²) in [5, 5.41) is 0. The number of carbonyl (C=O) groups excluding carboxylic acids is 3. The first-order valence-corrected chi connectivity index (χ1v) is 8.37. The third kappa shape index (κ3) is 3.92. The fourth-order valence-corrected chi connectivity index (χ4v) is 2.93. The summed E-state index contributed by atoms with van der Waals surface area (Å²) in [4.78, 5) is 37.8. The van der Waals surface area contributed by atoms with Gasteiger partial charge in [-0.05, 0) is 36.4 Å². The second kappa shape index (κ2) is 7.90. The van der Waals surface area contributed by atoms with Crippen LogP contribution in [0.25, 0.3) is 0 Å². The SMILES string of the molecule is COC(=O)c1ccc(OC(=O)[C@@H]2CC(=O)N(c3ccccc3OC)C2)cc1. The van der Waals surface area contributed by atoms with E-state index in [2.05, 4.69) is 4.74 Å². The van der Waals surface area contributed by atoms with Crippen molar-refractivity contribution in [3.05, 3.63) is 54.1 Å². The third-order valence-electron chi connectivity index (χ3n) is 4.33. The summed E-state index contributed by atoms with van der Waals surface area (Å²) in [5.41, 5.74) is 0.985. The Bertz CT molecular complexity index is 861. The molecule has 1 aliphatic rings. The maximum Gasteiger partial charge on any atom is 0.337 e. The Hall–Kier alpha value is -3.35. The van der Waals surface area contributed by atoms with Crippen LogP contribution >= 0.6 is 0 Å². The number of carbonyl (C=O) groups is 3. The largest absolute Gasteiger partial charge is 0.495 e. The molecule has 1 amide bonds. The van der Waals surface area contributed by atoms with E-state index in [9.17, 15) is 14.4 Å². The lowest BCUT2D eigenvalue weighted by Crippen LogP contribution is -2.27. The second-order valence-corrected chi connectivity index (χ2v) is 6.01. The summed E-state index contributed by atoms with van der Waals surface area (Å²) < 4.78 is 15.3. The molecule has 7 nitrogen and oxygen atoms in total. The molecule has 0 unspecified atom stereocenters. The van der Waals surface area contributed by atoms with Crippen molar-refractivity contribution in [1.29, 1.82) is 0 Å². The smallest absolute Gasteiger partial charge is 0.337 e. The van der Waals surface area contributed by atoms with Gasteiger partial charge in [0.05, 0.1) is 31.4 Å². The Balaban J connectivity index is 1.68. The molecule has 1 saturated heterocycles. The number of hydrogen-bond donors (Lipinski definition) is 0. The number of esters is 2. The molecule has 1 fully saturated rings. The molecule has 1 heterocycles. The Morgan fingerprint density at radius 3 is 2.41 bits per heavy atom. The van der Waals surface area contributed by atoms with Crippen LogP contribution < -0.4 is 14.4 Å². The molecule has 0 aromatic heterocycles. The van der Waals surface area contributed by atoms with Crippen molar-refractivity contribution in [2.24, 2.45) is 5.92 Å². The fourth-order valence-electron chi connectivity index (χ4n) is 2.93. The zero-order valence-corrected chi connectivity index (χ0v) is 15.0. The highest BCUT2D eigenvalue weighted by atomic mass is 16.5. The summed E-state index contributed by atoms with van der Waals surface area (Å²) in [5.74, 6) is -0.840. The van der Waals surface area contributed by atoms with E-state index in [1.165, 1.54) is 43.4 Å². The van der Waals surface area contributed by atoms with Gasteiger partial charge in [0.25, 0.3) is 0 Å². The Morgan fingerprint density at radius 2 is 1.74 bits per heavy atom. The van der Waals surface area contributed by atoms with Gasteiger partial charge in [-0.25, -0.2) is 4.79 Å². The topological polar surface area (TPSA) is 82.1 Å². The lowest BCUT2D eigenvalue weighted by Gasteiger charge is -2.19. The van der Waals surface area contributed by atoms with Crippen molar-refractivity contribution in [3.63, 3.8) is 0 Å². The van der Waals surface area contributed by atoms with Gasteiger partial charge in [-0.2, -0.15) is 0 Å². The first kappa shape index (κ1) is 18.4. The van der Waals surface area contributed by atoms with Crippen molar-refractivity contribution in [2.45, 2.75) is 6.42 Å². The Kier molecular flexibility index (Phi) is 5.40. The van der Waals surface area contributed by atoms with Crippen LogP contribution in [0.1, 0.15) is 16.8 Å². The number of benzene rings is 2. The van der Waals surface area contributed by atoms with Crippen LogP contribution in [0, 0.1) is 5.92 Å². The monoisotopic (exact) mass is 369 g/mol. The molecule has 0 spiro atoms. The van der Waals surface area contributed by atoms with Gasteiger partial charge in [-0.3, -0.25) is 9.59 Å². The van der Waals surface area contributed by atoms with Crippen LogP contribution in [0.4, 0.5) is 5.69 Å². The number of anilines is 1. The van der Waals surface area contributed by atoms with Crippen LogP contribution in [0.5, 0.6) is 11.5 Å². The maximum absolute atomic E-state index is 12.4. The average molecular weight is 369 g/mol. The number of ether oxygens (including phenoxy) is 3. The molecule has 7 heteroatoms. The van der Waals surface area contributed by atoms with Gasteiger partial charge in [0.15, 0.2) is 0 Å². The molecule has 1 aliphatic heterocycles. The van der Waals surface area contributed by atoms with Crippen molar-refractivity contribution in [2.75, 3.05) is 25.7 Å². The van der Waals surface area contributed by atoms with Gasteiger partial charge >= 0.3 is 11.9 Å². The lowest BCUT2D eigenvalue weighted by atomic mass is 10.1. The summed E-state index contributed by atoms with van der Waals surface area (Å²) >= 11 is 0. The quantitative estimate of drug-likeness (QED) is 0.595. The molecule has 140 valence electrons. The van der Waals surface area contributed by atoms with E-state index in [0.717, 1.165) is 0 Å². The van der Waals surface area contributed by atoms with Gasteiger partial charge in [-0.15, -0.1) is 0 Å².